The summed E-state index contributed by atoms with van der Waals surface area (Å²) in [5, 5.41) is 10.5. The normalized spacial score (nSPS) is 12.8. The number of benzene rings is 1. The van der Waals surface area contributed by atoms with Crippen LogP contribution in [0.4, 0.5) is 5.69 Å². The molecule has 0 N–H and O–H groups in total. The molecule has 0 aromatic heterocycles. The Balaban J connectivity index is 2.65. The lowest BCUT2D eigenvalue weighted by Crippen LogP contribution is -2.24. The van der Waals surface area contributed by atoms with E-state index in [9.17, 15) is 14.9 Å². The largest absolute Gasteiger partial charge is 0.460 e. The third-order valence-corrected chi connectivity index (χ3v) is 2.57. The highest BCUT2D eigenvalue weighted by atomic mass is 16.6. The molecule has 0 aliphatic heterocycles. The fraction of sp³-hybridized carbons (Fsp3) is 0.500. The van der Waals surface area contributed by atoms with Crippen molar-refractivity contribution < 1.29 is 14.5 Å². The van der Waals surface area contributed by atoms with Crippen LogP contribution in [0, 0.1) is 10.1 Å². The molecule has 1 atom stereocenters. The van der Waals surface area contributed by atoms with E-state index in [1.807, 2.05) is 27.7 Å². The Labute approximate surface area is 112 Å². The van der Waals surface area contributed by atoms with Crippen molar-refractivity contribution in [1.29, 1.82) is 0 Å². The second-order valence-corrected chi connectivity index (χ2v) is 5.54. The van der Waals surface area contributed by atoms with Crippen molar-refractivity contribution >= 4 is 11.7 Å². The van der Waals surface area contributed by atoms with Gasteiger partial charge in [0.15, 0.2) is 0 Å². The van der Waals surface area contributed by atoms with E-state index in [0.717, 1.165) is 5.56 Å². The van der Waals surface area contributed by atoms with Crippen molar-refractivity contribution in [1.82, 2.24) is 0 Å². The van der Waals surface area contributed by atoms with Gasteiger partial charge in [-0.2, -0.15) is 0 Å². The maximum atomic E-state index is 11.7. The number of hydrogen-bond acceptors (Lipinski definition) is 4. The molecule has 0 fully saturated rings. The minimum absolute atomic E-state index is 0.0318. The number of hydrogen-bond donors (Lipinski definition) is 0. The van der Waals surface area contributed by atoms with Crippen molar-refractivity contribution in [3.05, 3.63) is 39.9 Å². The molecule has 0 bridgehead atoms. The minimum atomic E-state index is -0.494. The second-order valence-electron chi connectivity index (χ2n) is 5.54. The Morgan fingerprint density at radius 2 is 1.84 bits per heavy atom. The molecule has 0 aliphatic carbocycles. The first kappa shape index (κ1) is 15.1. The Bertz CT molecular complexity index is 459. The summed E-state index contributed by atoms with van der Waals surface area (Å²) in [4.78, 5) is 21.8. The highest BCUT2D eigenvalue weighted by molar-refractivity contribution is 5.71. The zero-order valence-corrected chi connectivity index (χ0v) is 11.7. The smallest absolute Gasteiger partial charge is 0.306 e. The summed E-state index contributed by atoms with van der Waals surface area (Å²) in [6, 6.07) is 6.24. The zero-order chi connectivity index (χ0) is 14.6. The van der Waals surface area contributed by atoms with Crippen molar-refractivity contribution in [3.8, 4) is 0 Å². The molecule has 5 nitrogen and oxygen atoms in total. The Morgan fingerprint density at radius 1 is 1.32 bits per heavy atom. The van der Waals surface area contributed by atoms with Crippen LogP contribution < -0.4 is 0 Å². The quantitative estimate of drug-likeness (QED) is 0.475. The van der Waals surface area contributed by atoms with Gasteiger partial charge in [-0.1, -0.05) is 19.1 Å². The van der Waals surface area contributed by atoms with E-state index >= 15 is 0 Å². The van der Waals surface area contributed by atoms with Gasteiger partial charge in [-0.3, -0.25) is 14.9 Å². The van der Waals surface area contributed by atoms with E-state index in [4.69, 9.17) is 4.74 Å². The van der Waals surface area contributed by atoms with Crippen LogP contribution in [-0.4, -0.2) is 16.5 Å². The molecule has 1 aromatic rings. The molecular weight excluding hydrogens is 246 g/mol. The van der Waals surface area contributed by atoms with Gasteiger partial charge in [-0.15, -0.1) is 0 Å². The lowest BCUT2D eigenvalue weighted by molar-refractivity contribution is -0.384. The van der Waals surface area contributed by atoms with Gasteiger partial charge in [0.2, 0.25) is 0 Å². The molecule has 1 unspecified atom stereocenters. The van der Waals surface area contributed by atoms with Gasteiger partial charge in [-0.25, -0.2) is 0 Å². The van der Waals surface area contributed by atoms with Gasteiger partial charge in [0.25, 0.3) is 5.69 Å². The number of nitrogens with zero attached hydrogens (tertiary/aromatic N) is 1. The first-order valence-electron chi connectivity index (χ1n) is 6.15. The van der Waals surface area contributed by atoms with Crippen LogP contribution in [0.3, 0.4) is 0 Å². The third-order valence-electron chi connectivity index (χ3n) is 2.57. The summed E-state index contributed by atoms with van der Waals surface area (Å²) in [5.41, 5.74) is 0.441. The number of carbonyl (C=O) groups excluding carboxylic acids is 1. The molecule has 0 saturated heterocycles. The number of esters is 1. The van der Waals surface area contributed by atoms with Gasteiger partial charge in [0.1, 0.15) is 5.60 Å². The molecule has 0 radical (unpaired) electrons. The molecule has 0 saturated carbocycles. The van der Waals surface area contributed by atoms with Crippen molar-refractivity contribution in [2.75, 3.05) is 0 Å². The molecule has 19 heavy (non-hydrogen) atoms. The van der Waals surface area contributed by atoms with Crippen LogP contribution in [0.25, 0.3) is 0 Å². The number of rotatable bonds is 4. The van der Waals surface area contributed by atoms with E-state index in [0.29, 0.717) is 0 Å². The monoisotopic (exact) mass is 265 g/mol. The van der Waals surface area contributed by atoms with Gasteiger partial charge < -0.3 is 4.74 Å². The molecular formula is C14H19NO4. The lowest BCUT2D eigenvalue weighted by Gasteiger charge is -2.21. The highest BCUT2D eigenvalue weighted by Gasteiger charge is 2.19. The number of nitro benzene ring substituents is 1. The van der Waals surface area contributed by atoms with Crippen molar-refractivity contribution in [2.45, 2.75) is 45.6 Å². The summed E-state index contributed by atoms with van der Waals surface area (Å²) >= 11 is 0. The summed E-state index contributed by atoms with van der Waals surface area (Å²) in [6.45, 7) is 7.36. The van der Waals surface area contributed by atoms with Crippen molar-refractivity contribution in [2.24, 2.45) is 0 Å². The van der Waals surface area contributed by atoms with Gasteiger partial charge in [0.05, 0.1) is 11.3 Å². The van der Waals surface area contributed by atoms with Crippen LogP contribution >= 0.6 is 0 Å². The topological polar surface area (TPSA) is 69.4 Å². The Hall–Kier alpha value is -1.91. The first-order chi connectivity index (χ1) is 8.69. The number of ether oxygens (including phenoxy) is 1. The molecule has 1 rings (SSSR count). The number of carbonyl (C=O) groups is 1. The predicted molar refractivity (Wildman–Crippen MR) is 72.0 cm³/mol. The molecule has 0 heterocycles. The Kier molecular flexibility index (Phi) is 4.64. The summed E-state index contributed by atoms with van der Waals surface area (Å²) in [5.74, 6) is -0.297. The summed E-state index contributed by atoms with van der Waals surface area (Å²) < 4.78 is 5.24. The molecule has 104 valence electrons. The molecule has 0 aliphatic rings. The van der Waals surface area contributed by atoms with Gasteiger partial charge >= 0.3 is 5.97 Å². The van der Waals surface area contributed by atoms with Crippen LogP contribution in [0.15, 0.2) is 24.3 Å². The standard InChI is InChI=1S/C14H19NO4/c1-10(9-13(16)19-14(2,3)4)11-5-7-12(8-6-11)15(17)18/h5-8,10H,9H2,1-4H3. The van der Waals surface area contributed by atoms with Crippen LogP contribution in [0.1, 0.15) is 45.6 Å². The van der Waals surface area contributed by atoms with E-state index in [1.165, 1.54) is 12.1 Å². The lowest BCUT2D eigenvalue weighted by atomic mass is 9.97. The first-order valence-corrected chi connectivity index (χ1v) is 6.15. The fourth-order valence-corrected chi connectivity index (χ4v) is 1.68. The molecule has 0 spiro atoms. The number of nitro groups is 1. The van der Waals surface area contributed by atoms with Crippen LogP contribution in [0.2, 0.25) is 0 Å². The van der Waals surface area contributed by atoms with E-state index in [-0.39, 0.29) is 24.0 Å². The second kappa shape index (κ2) is 5.82. The summed E-state index contributed by atoms with van der Waals surface area (Å²) in [7, 11) is 0. The predicted octanol–water partition coefficient (Wildman–Crippen LogP) is 3.43. The van der Waals surface area contributed by atoms with Crippen LogP contribution in [0.5, 0.6) is 0 Å². The highest BCUT2D eigenvalue weighted by Crippen LogP contribution is 2.23. The van der Waals surface area contributed by atoms with E-state index < -0.39 is 10.5 Å². The molecule has 1 aromatic carbocycles. The maximum absolute atomic E-state index is 11.7. The maximum Gasteiger partial charge on any atom is 0.306 e. The van der Waals surface area contributed by atoms with E-state index in [1.54, 1.807) is 12.1 Å². The average molecular weight is 265 g/mol. The van der Waals surface area contributed by atoms with Gasteiger partial charge in [-0.05, 0) is 32.3 Å². The van der Waals surface area contributed by atoms with Crippen LogP contribution in [-0.2, 0) is 9.53 Å². The summed E-state index contributed by atoms with van der Waals surface area (Å²) in [6.07, 6.45) is 0.259. The third kappa shape index (κ3) is 5.07. The molecule has 5 heteroatoms. The van der Waals surface area contributed by atoms with Gasteiger partial charge in [0, 0.05) is 12.1 Å². The fourth-order valence-electron chi connectivity index (χ4n) is 1.68. The average Bonchev–Trinajstić information content (AvgIpc) is 2.26. The SMILES string of the molecule is CC(CC(=O)OC(C)(C)C)c1ccc([N+](=O)[O-])cc1. The van der Waals surface area contributed by atoms with Crippen molar-refractivity contribution in [3.63, 3.8) is 0 Å². The Morgan fingerprint density at radius 3 is 2.26 bits per heavy atom. The molecule has 0 amide bonds. The zero-order valence-electron chi connectivity index (χ0n) is 11.7. The van der Waals surface area contributed by atoms with E-state index in [2.05, 4.69) is 0 Å². The minimum Gasteiger partial charge on any atom is -0.460 e. The number of non-ortho nitro benzene ring substituents is 1.